The minimum Gasteiger partial charge on any atom is -0.487 e. The summed E-state index contributed by atoms with van der Waals surface area (Å²) in [6.45, 7) is 1.10. The Hall–Kier alpha value is -1.22. The Labute approximate surface area is 77.2 Å². The predicted molar refractivity (Wildman–Crippen MR) is 48.2 cm³/mol. The van der Waals surface area contributed by atoms with Gasteiger partial charge in [0.1, 0.15) is 19.3 Å². The van der Waals surface area contributed by atoms with E-state index in [0.29, 0.717) is 13.2 Å². The molecule has 0 saturated heterocycles. The number of fused-ring (bicyclic) bond motifs is 1. The summed E-state index contributed by atoms with van der Waals surface area (Å²) in [6.07, 6.45) is 0.0207. The average Bonchev–Trinajstić information content (AvgIpc) is 2.39. The van der Waals surface area contributed by atoms with Crippen molar-refractivity contribution >= 4 is 0 Å². The third kappa shape index (κ3) is 1.75. The summed E-state index contributed by atoms with van der Waals surface area (Å²) in [5.41, 5.74) is 0. The van der Waals surface area contributed by atoms with E-state index in [1.807, 2.05) is 24.3 Å². The number of para-hydroxylation sites is 2. The summed E-state index contributed by atoms with van der Waals surface area (Å²) in [5.74, 6) is 1.59. The van der Waals surface area contributed by atoms with E-state index >= 15 is 0 Å². The summed E-state index contributed by atoms with van der Waals surface area (Å²) < 4.78 is 16.2. The summed E-state index contributed by atoms with van der Waals surface area (Å²) >= 11 is 0. The van der Waals surface area contributed by atoms with Gasteiger partial charge in [0.2, 0.25) is 0 Å². The first-order valence-corrected chi connectivity index (χ1v) is 4.27. The molecule has 1 heterocycles. The monoisotopic (exact) mass is 180 g/mol. The standard InChI is InChI=1S/C10H12O3/c1-11-8-6-12-9-4-2-3-5-10(9)13-7-8/h2-5,8H,6-7H2,1H3. The molecule has 1 aromatic carbocycles. The van der Waals surface area contributed by atoms with E-state index in [2.05, 4.69) is 0 Å². The highest BCUT2D eigenvalue weighted by Gasteiger charge is 2.16. The topological polar surface area (TPSA) is 27.7 Å². The summed E-state index contributed by atoms with van der Waals surface area (Å²) in [6, 6.07) is 7.64. The zero-order chi connectivity index (χ0) is 9.10. The second-order valence-corrected chi connectivity index (χ2v) is 2.93. The van der Waals surface area contributed by atoms with Crippen molar-refractivity contribution < 1.29 is 14.2 Å². The van der Waals surface area contributed by atoms with Crippen LogP contribution in [0.1, 0.15) is 0 Å². The van der Waals surface area contributed by atoms with E-state index in [4.69, 9.17) is 14.2 Å². The van der Waals surface area contributed by atoms with E-state index < -0.39 is 0 Å². The van der Waals surface area contributed by atoms with Gasteiger partial charge in [-0.2, -0.15) is 0 Å². The van der Waals surface area contributed by atoms with E-state index in [9.17, 15) is 0 Å². The van der Waals surface area contributed by atoms with Crippen LogP contribution in [0.4, 0.5) is 0 Å². The zero-order valence-electron chi connectivity index (χ0n) is 7.53. The number of hydrogen-bond acceptors (Lipinski definition) is 3. The number of hydrogen-bond donors (Lipinski definition) is 0. The molecule has 0 bridgehead atoms. The third-order valence-electron chi connectivity index (χ3n) is 2.03. The van der Waals surface area contributed by atoms with Gasteiger partial charge >= 0.3 is 0 Å². The van der Waals surface area contributed by atoms with Crippen LogP contribution >= 0.6 is 0 Å². The SMILES string of the molecule is COC1COc2ccccc2OC1. The van der Waals surface area contributed by atoms with Crippen LogP contribution in [0.25, 0.3) is 0 Å². The molecule has 0 radical (unpaired) electrons. The molecule has 0 N–H and O–H groups in total. The Morgan fingerprint density at radius 1 is 1.15 bits per heavy atom. The predicted octanol–water partition coefficient (Wildman–Crippen LogP) is 1.47. The lowest BCUT2D eigenvalue weighted by Crippen LogP contribution is -2.24. The highest BCUT2D eigenvalue weighted by Crippen LogP contribution is 2.28. The van der Waals surface area contributed by atoms with Crippen molar-refractivity contribution in [1.82, 2.24) is 0 Å². The fourth-order valence-electron chi connectivity index (χ4n) is 1.24. The Morgan fingerprint density at radius 2 is 1.69 bits per heavy atom. The van der Waals surface area contributed by atoms with Gasteiger partial charge in [-0.15, -0.1) is 0 Å². The zero-order valence-corrected chi connectivity index (χ0v) is 7.53. The molecule has 1 aliphatic heterocycles. The minimum atomic E-state index is 0.0207. The fraction of sp³-hybridized carbons (Fsp3) is 0.400. The van der Waals surface area contributed by atoms with Gasteiger partial charge in [-0.1, -0.05) is 12.1 Å². The van der Waals surface area contributed by atoms with Crippen LogP contribution in [-0.2, 0) is 4.74 Å². The number of methoxy groups -OCH3 is 1. The van der Waals surface area contributed by atoms with Crippen molar-refractivity contribution in [2.45, 2.75) is 6.10 Å². The second kappa shape index (κ2) is 3.66. The molecular formula is C10H12O3. The molecule has 0 unspecified atom stereocenters. The van der Waals surface area contributed by atoms with Gasteiger partial charge in [0.05, 0.1) is 0 Å². The molecule has 1 aliphatic rings. The maximum atomic E-state index is 5.50. The number of benzene rings is 1. The van der Waals surface area contributed by atoms with Gasteiger partial charge in [0.15, 0.2) is 11.5 Å². The van der Waals surface area contributed by atoms with Crippen molar-refractivity contribution in [3.63, 3.8) is 0 Å². The lowest BCUT2D eigenvalue weighted by Gasteiger charge is -2.09. The first kappa shape index (κ1) is 8.38. The molecule has 3 heteroatoms. The Bertz CT molecular complexity index is 258. The van der Waals surface area contributed by atoms with Crippen molar-refractivity contribution in [2.24, 2.45) is 0 Å². The summed E-state index contributed by atoms with van der Waals surface area (Å²) in [7, 11) is 1.66. The Balaban J connectivity index is 2.17. The van der Waals surface area contributed by atoms with Crippen LogP contribution in [0.15, 0.2) is 24.3 Å². The van der Waals surface area contributed by atoms with Crippen LogP contribution in [0.3, 0.4) is 0 Å². The Morgan fingerprint density at radius 3 is 2.15 bits per heavy atom. The molecule has 0 aliphatic carbocycles. The molecule has 0 saturated carbocycles. The number of ether oxygens (including phenoxy) is 3. The van der Waals surface area contributed by atoms with Crippen molar-refractivity contribution in [2.75, 3.05) is 20.3 Å². The van der Waals surface area contributed by atoms with Crippen molar-refractivity contribution in [3.8, 4) is 11.5 Å². The highest BCUT2D eigenvalue weighted by atomic mass is 16.6. The van der Waals surface area contributed by atoms with Crippen molar-refractivity contribution in [3.05, 3.63) is 24.3 Å². The molecule has 70 valence electrons. The van der Waals surface area contributed by atoms with Gasteiger partial charge in [-0.25, -0.2) is 0 Å². The second-order valence-electron chi connectivity index (χ2n) is 2.93. The molecule has 0 fully saturated rings. The third-order valence-corrected chi connectivity index (χ3v) is 2.03. The van der Waals surface area contributed by atoms with E-state index in [1.54, 1.807) is 7.11 Å². The molecular weight excluding hydrogens is 168 g/mol. The molecule has 3 nitrogen and oxygen atoms in total. The fourth-order valence-corrected chi connectivity index (χ4v) is 1.24. The van der Waals surface area contributed by atoms with Gasteiger partial charge in [-0.3, -0.25) is 0 Å². The smallest absolute Gasteiger partial charge is 0.161 e. The van der Waals surface area contributed by atoms with Gasteiger partial charge in [0.25, 0.3) is 0 Å². The van der Waals surface area contributed by atoms with Gasteiger partial charge in [0, 0.05) is 7.11 Å². The average molecular weight is 180 g/mol. The molecule has 0 aromatic heterocycles. The largest absolute Gasteiger partial charge is 0.487 e. The summed E-state index contributed by atoms with van der Waals surface area (Å²) in [5, 5.41) is 0. The minimum absolute atomic E-state index is 0.0207. The van der Waals surface area contributed by atoms with Crippen molar-refractivity contribution in [1.29, 1.82) is 0 Å². The lowest BCUT2D eigenvalue weighted by molar-refractivity contribution is 0.0366. The number of rotatable bonds is 1. The van der Waals surface area contributed by atoms with Gasteiger partial charge < -0.3 is 14.2 Å². The lowest BCUT2D eigenvalue weighted by atomic mass is 10.3. The van der Waals surface area contributed by atoms with Crippen LogP contribution in [0.5, 0.6) is 11.5 Å². The van der Waals surface area contributed by atoms with Crippen LogP contribution < -0.4 is 9.47 Å². The molecule has 0 spiro atoms. The maximum absolute atomic E-state index is 5.50. The molecule has 0 amide bonds. The van der Waals surface area contributed by atoms with E-state index in [0.717, 1.165) is 11.5 Å². The van der Waals surface area contributed by atoms with E-state index in [1.165, 1.54) is 0 Å². The van der Waals surface area contributed by atoms with Gasteiger partial charge in [-0.05, 0) is 12.1 Å². The first-order chi connectivity index (χ1) is 6.40. The summed E-state index contributed by atoms with van der Waals surface area (Å²) in [4.78, 5) is 0. The molecule has 1 aromatic rings. The van der Waals surface area contributed by atoms with Crippen LogP contribution in [-0.4, -0.2) is 26.4 Å². The van der Waals surface area contributed by atoms with Crippen LogP contribution in [0.2, 0.25) is 0 Å². The molecule has 13 heavy (non-hydrogen) atoms. The van der Waals surface area contributed by atoms with Crippen LogP contribution in [0, 0.1) is 0 Å². The first-order valence-electron chi connectivity index (χ1n) is 4.27. The maximum Gasteiger partial charge on any atom is 0.161 e. The molecule has 2 rings (SSSR count). The highest BCUT2D eigenvalue weighted by molar-refractivity contribution is 5.39. The normalized spacial score (nSPS) is 16.7. The molecule has 0 atom stereocenters. The Kier molecular flexibility index (Phi) is 2.36. The quantitative estimate of drug-likeness (QED) is 0.655. The van der Waals surface area contributed by atoms with E-state index in [-0.39, 0.29) is 6.10 Å².